The third-order valence-corrected chi connectivity index (χ3v) is 1.07. The van der Waals surface area contributed by atoms with E-state index in [4.69, 9.17) is 0 Å². The molecule has 0 aliphatic heterocycles. The number of imide groups is 1. The second-order valence-corrected chi connectivity index (χ2v) is 2.07. The van der Waals surface area contributed by atoms with Crippen LogP contribution in [0.5, 0.6) is 0 Å². The summed E-state index contributed by atoms with van der Waals surface area (Å²) in [7, 11) is 0. The molecule has 3 heteroatoms. The van der Waals surface area contributed by atoms with E-state index in [1.54, 1.807) is 6.92 Å². The van der Waals surface area contributed by atoms with Gasteiger partial charge >= 0.3 is 0 Å². The van der Waals surface area contributed by atoms with Gasteiger partial charge in [-0.1, -0.05) is 13.0 Å². The maximum absolute atomic E-state index is 10.8. The van der Waals surface area contributed by atoms with Crippen LogP contribution in [0.15, 0.2) is 12.7 Å². The predicted octanol–water partition coefficient (Wildman–Crippen LogP) is 0.471. The summed E-state index contributed by atoms with van der Waals surface area (Å²) in [5, 5.41) is 2.14. The normalized spacial score (nSPS) is 11.8. The first-order chi connectivity index (χ1) is 4.57. The molecule has 0 rings (SSSR count). The van der Waals surface area contributed by atoms with Gasteiger partial charge in [-0.15, -0.1) is 6.58 Å². The van der Waals surface area contributed by atoms with Gasteiger partial charge < -0.3 is 0 Å². The fraction of sp³-hybridized carbons (Fsp3) is 0.429. The average Bonchev–Trinajstić information content (AvgIpc) is 1.85. The van der Waals surface area contributed by atoms with E-state index in [2.05, 4.69) is 11.9 Å². The molecule has 0 saturated carbocycles. The standard InChI is InChI=1S/C7H11NO2/c1-4-5(2)7(10)8-6(3)9/h4-5H,1H2,2-3H3,(H,8,9,10). The summed E-state index contributed by atoms with van der Waals surface area (Å²) in [4.78, 5) is 21.1. The van der Waals surface area contributed by atoms with Crippen LogP contribution in [0.25, 0.3) is 0 Å². The number of carbonyl (C=O) groups is 2. The Bertz CT molecular complexity index is 163. The SMILES string of the molecule is C=CC(C)C(=O)NC(C)=O. The summed E-state index contributed by atoms with van der Waals surface area (Å²) in [6.07, 6.45) is 1.48. The van der Waals surface area contributed by atoms with Gasteiger partial charge in [0.05, 0.1) is 5.92 Å². The molecule has 0 aromatic heterocycles. The summed E-state index contributed by atoms with van der Waals surface area (Å²) in [5.41, 5.74) is 0. The minimum absolute atomic E-state index is 0.302. The van der Waals surface area contributed by atoms with E-state index >= 15 is 0 Å². The Labute approximate surface area is 60.1 Å². The maximum atomic E-state index is 10.8. The summed E-state index contributed by atoms with van der Waals surface area (Å²) < 4.78 is 0. The van der Waals surface area contributed by atoms with Crippen LogP contribution in [-0.4, -0.2) is 11.8 Å². The average molecular weight is 141 g/mol. The highest BCUT2D eigenvalue weighted by Gasteiger charge is 2.08. The van der Waals surface area contributed by atoms with Crippen molar-refractivity contribution in [2.45, 2.75) is 13.8 Å². The van der Waals surface area contributed by atoms with Crippen molar-refractivity contribution in [2.24, 2.45) is 5.92 Å². The quantitative estimate of drug-likeness (QED) is 0.568. The largest absolute Gasteiger partial charge is 0.296 e. The molecule has 0 aromatic rings. The highest BCUT2D eigenvalue weighted by atomic mass is 16.2. The molecule has 1 atom stereocenters. The van der Waals surface area contributed by atoms with E-state index < -0.39 is 0 Å². The van der Waals surface area contributed by atoms with Gasteiger partial charge in [-0.05, 0) is 0 Å². The Hall–Kier alpha value is -1.12. The molecule has 1 N–H and O–H groups in total. The molecular weight excluding hydrogens is 130 g/mol. The summed E-state index contributed by atoms with van der Waals surface area (Å²) >= 11 is 0. The molecule has 0 bridgehead atoms. The van der Waals surface area contributed by atoms with Crippen molar-refractivity contribution < 1.29 is 9.59 Å². The molecule has 0 aliphatic rings. The zero-order valence-electron chi connectivity index (χ0n) is 6.18. The van der Waals surface area contributed by atoms with Crippen molar-refractivity contribution in [1.82, 2.24) is 5.32 Å². The van der Waals surface area contributed by atoms with E-state index in [0.29, 0.717) is 0 Å². The lowest BCUT2D eigenvalue weighted by atomic mass is 10.2. The first-order valence-corrected chi connectivity index (χ1v) is 3.02. The molecule has 1 unspecified atom stereocenters. The lowest BCUT2D eigenvalue weighted by Crippen LogP contribution is -2.31. The van der Waals surface area contributed by atoms with Gasteiger partial charge in [0, 0.05) is 6.92 Å². The molecule has 0 fully saturated rings. The van der Waals surface area contributed by atoms with Crippen LogP contribution in [0.3, 0.4) is 0 Å². The molecule has 0 saturated heterocycles. The Morgan fingerprint density at radius 1 is 1.60 bits per heavy atom. The van der Waals surface area contributed by atoms with E-state index in [0.717, 1.165) is 0 Å². The van der Waals surface area contributed by atoms with Gasteiger partial charge in [-0.3, -0.25) is 14.9 Å². The molecule has 2 amide bonds. The monoisotopic (exact) mass is 141 g/mol. The zero-order chi connectivity index (χ0) is 8.15. The fourth-order valence-corrected chi connectivity index (χ4v) is 0.394. The van der Waals surface area contributed by atoms with Gasteiger partial charge in [0.25, 0.3) is 0 Å². The van der Waals surface area contributed by atoms with Crippen LogP contribution in [0.2, 0.25) is 0 Å². The Balaban J connectivity index is 3.84. The van der Waals surface area contributed by atoms with Gasteiger partial charge in [-0.25, -0.2) is 0 Å². The second kappa shape index (κ2) is 3.82. The molecule has 56 valence electrons. The minimum atomic E-state index is -0.335. The van der Waals surface area contributed by atoms with Crippen molar-refractivity contribution in [3.05, 3.63) is 12.7 Å². The van der Waals surface area contributed by atoms with E-state index in [1.807, 2.05) is 0 Å². The maximum Gasteiger partial charge on any atom is 0.233 e. The van der Waals surface area contributed by atoms with Gasteiger partial charge in [0.1, 0.15) is 0 Å². The smallest absolute Gasteiger partial charge is 0.233 e. The summed E-state index contributed by atoms with van der Waals surface area (Å²) in [6.45, 7) is 6.39. The van der Waals surface area contributed by atoms with Crippen LogP contribution < -0.4 is 5.32 Å². The third kappa shape index (κ3) is 3.02. The highest BCUT2D eigenvalue weighted by Crippen LogP contribution is 1.93. The predicted molar refractivity (Wildman–Crippen MR) is 38.2 cm³/mol. The Kier molecular flexibility index (Phi) is 3.39. The van der Waals surface area contributed by atoms with E-state index in [-0.39, 0.29) is 17.7 Å². The lowest BCUT2D eigenvalue weighted by molar-refractivity contribution is -0.130. The summed E-state index contributed by atoms with van der Waals surface area (Å²) in [6, 6.07) is 0. The van der Waals surface area contributed by atoms with Crippen molar-refractivity contribution >= 4 is 11.8 Å². The Morgan fingerprint density at radius 2 is 2.10 bits per heavy atom. The second-order valence-electron chi connectivity index (χ2n) is 2.07. The molecule has 0 aromatic carbocycles. The molecule has 0 heterocycles. The van der Waals surface area contributed by atoms with Crippen LogP contribution in [0.1, 0.15) is 13.8 Å². The highest BCUT2D eigenvalue weighted by molar-refractivity contribution is 5.95. The number of hydrogen-bond acceptors (Lipinski definition) is 2. The lowest BCUT2D eigenvalue weighted by Gasteiger charge is -2.02. The van der Waals surface area contributed by atoms with Gasteiger partial charge in [-0.2, -0.15) is 0 Å². The molecule has 3 nitrogen and oxygen atoms in total. The van der Waals surface area contributed by atoms with Crippen molar-refractivity contribution in [2.75, 3.05) is 0 Å². The number of nitrogens with one attached hydrogen (secondary N) is 1. The molecular formula is C7H11NO2. The Morgan fingerprint density at radius 3 is 2.40 bits per heavy atom. The number of hydrogen-bond donors (Lipinski definition) is 1. The zero-order valence-corrected chi connectivity index (χ0v) is 6.18. The van der Waals surface area contributed by atoms with Gasteiger partial charge in [0.15, 0.2) is 0 Å². The van der Waals surface area contributed by atoms with Crippen LogP contribution in [0, 0.1) is 5.92 Å². The number of amides is 2. The minimum Gasteiger partial charge on any atom is -0.296 e. The topological polar surface area (TPSA) is 46.2 Å². The molecule has 0 aliphatic carbocycles. The van der Waals surface area contributed by atoms with Gasteiger partial charge in [0.2, 0.25) is 11.8 Å². The van der Waals surface area contributed by atoms with Crippen LogP contribution in [-0.2, 0) is 9.59 Å². The number of rotatable bonds is 2. The number of carbonyl (C=O) groups excluding carboxylic acids is 2. The van der Waals surface area contributed by atoms with E-state index in [9.17, 15) is 9.59 Å². The first-order valence-electron chi connectivity index (χ1n) is 3.02. The van der Waals surface area contributed by atoms with Crippen molar-refractivity contribution in [3.8, 4) is 0 Å². The van der Waals surface area contributed by atoms with Crippen molar-refractivity contribution in [1.29, 1.82) is 0 Å². The van der Waals surface area contributed by atoms with E-state index in [1.165, 1.54) is 13.0 Å². The molecule has 0 spiro atoms. The first kappa shape index (κ1) is 8.88. The van der Waals surface area contributed by atoms with Crippen molar-refractivity contribution in [3.63, 3.8) is 0 Å². The molecule has 0 radical (unpaired) electrons. The third-order valence-electron chi connectivity index (χ3n) is 1.07. The summed E-state index contributed by atoms with van der Waals surface area (Å²) in [5.74, 6) is -0.940. The molecule has 10 heavy (non-hydrogen) atoms. The van der Waals surface area contributed by atoms with Crippen LogP contribution >= 0.6 is 0 Å². The van der Waals surface area contributed by atoms with Crippen LogP contribution in [0.4, 0.5) is 0 Å². The fourth-order valence-electron chi connectivity index (χ4n) is 0.394.